The first kappa shape index (κ1) is 12.4. The summed E-state index contributed by atoms with van der Waals surface area (Å²) in [5, 5.41) is 14.1. The van der Waals surface area contributed by atoms with E-state index in [9.17, 15) is 5.11 Å². The molecule has 0 aromatic carbocycles. The fourth-order valence-electron chi connectivity index (χ4n) is 2.45. The van der Waals surface area contributed by atoms with Crippen molar-refractivity contribution in [2.24, 2.45) is 0 Å². The van der Waals surface area contributed by atoms with E-state index in [2.05, 4.69) is 16.9 Å². The predicted molar refractivity (Wildman–Crippen MR) is 67.5 cm³/mol. The maximum Gasteiger partial charge on any atom is 0.0862 e. The second kappa shape index (κ2) is 5.51. The molecule has 1 saturated heterocycles. The van der Waals surface area contributed by atoms with Gasteiger partial charge in [-0.15, -0.1) is 0 Å². The number of nitrogens with two attached hydrogens (primary N) is 1. The maximum absolute atomic E-state index is 10.0. The van der Waals surface area contributed by atoms with Crippen LogP contribution in [0.3, 0.4) is 0 Å². The van der Waals surface area contributed by atoms with E-state index in [0.29, 0.717) is 18.3 Å². The highest BCUT2D eigenvalue weighted by atomic mass is 16.3. The van der Waals surface area contributed by atoms with Crippen LogP contribution in [0.4, 0.5) is 5.69 Å². The number of nitrogens with zero attached hydrogens (tertiary/aromatic N) is 3. The second-order valence-electron chi connectivity index (χ2n) is 4.99. The molecule has 1 fully saturated rings. The summed E-state index contributed by atoms with van der Waals surface area (Å²) < 4.78 is 1.70. The van der Waals surface area contributed by atoms with Crippen molar-refractivity contribution in [1.29, 1.82) is 0 Å². The summed E-state index contributed by atoms with van der Waals surface area (Å²) in [6.45, 7) is 4.57. The molecule has 0 radical (unpaired) electrons. The van der Waals surface area contributed by atoms with Gasteiger partial charge in [-0.2, -0.15) is 5.10 Å². The number of nitrogen functional groups attached to an aromatic ring is 1. The highest BCUT2D eigenvalue weighted by Crippen LogP contribution is 2.16. The molecule has 1 aromatic heterocycles. The Labute approximate surface area is 102 Å². The van der Waals surface area contributed by atoms with Gasteiger partial charge in [0, 0.05) is 18.8 Å². The van der Waals surface area contributed by atoms with Gasteiger partial charge >= 0.3 is 0 Å². The lowest BCUT2D eigenvalue weighted by molar-refractivity contribution is 0.0617. The SMILES string of the molecule is CC1CCCCN1CC(O)Cn1cc(N)cn1. The number of piperidine rings is 1. The van der Waals surface area contributed by atoms with Gasteiger partial charge in [0.15, 0.2) is 0 Å². The van der Waals surface area contributed by atoms with Gasteiger partial charge in [-0.1, -0.05) is 6.42 Å². The molecule has 0 bridgehead atoms. The standard InChI is InChI=1S/C12H22N4O/c1-10-4-2-3-5-15(10)8-12(17)9-16-7-11(13)6-14-16/h6-7,10,12,17H,2-5,8-9,13H2,1H3. The molecule has 5 nitrogen and oxygen atoms in total. The Hall–Kier alpha value is -1.07. The number of likely N-dealkylation sites (tertiary alicyclic amines) is 1. The molecule has 96 valence electrons. The zero-order valence-electron chi connectivity index (χ0n) is 10.4. The number of hydrogen-bond donors (Lipinski definition) is 2. The second-order valence-corrected chi connectivity index (χ2v) is 4.99. The molecule has 2 atom stereocenters. The van der Waals surface area contributed by atoms with Gasteiger partial charge in [-0.25, -0.2) is 0 Å². The van der Waals surface area contributed by atoms with Crippen molar-refractivity contribution in [3.05, 3.63) is 12.4 Å². The van der Waals surface area contributed by atoms with Gasteiger partial charge in [0.2, 0.25) is 0 Å². The normalized spacial score (nSPS) is 23.8. The van der Waals surface area contributed by atoms with Gasteiger partial charge in [0.1, 0.15) is 0 Å². The van der Waals surface area contributed by atoms with Crippen molar-refractivity contribution in [2.75, 3.05) is 18.8 Å². The monoisotopic (exact) mass is 238 g/mol. The molecule has 1 aliphatic rings. The Bertz CT molecular complexity index is 352. The van der Waals surface area contributed by atoms with Crippen LogP contribution in [0.5, 0.6) is 0 Å². The summed E-state index contributed by atoms with van der Waals surface area (Å²) in [5.74, 6) is 0. The van der Waals surface area contributed by atoms with Gasteiger partial charge in [0.05, 0.1) is 24.5 Å². The third kappa shape index (κ3) is 3.44. The van der Waals surface area contributed by atoms with Crippen molar-refractivity contribution in [3.8, 4) is 0 Å². The number of hydrogen-bond acceptors (Lipinski definition) is 4. The largest absolute Gasteiger partial charge is 0.396 e. The molecule has 1 aliphatic heterocycles. The fraction of sp³-hybridized carbons (Fsp3) is 0.750. The molecule has 2 unspecified atom stereocenters. The first-order chi connectivity index (χ1) is 8.15. The van der Waals surface area contributed by atoms with Crippen molar-refractivity contribution in [2.45, 2.75) is 44.9 Å². The molecule has 0 spiro atoms. The van der Waals surface area contributed by atoms with E-state index >= 15 is 0 Å². The first-order valence-corrected chi connectivity index (χ1v) is 6.35. The molecule has 1 aromatic rings. The summed E-state index contributed by atoms with van der Waals surface area (Å²) in [6, 6.07) is 0.584. The number of rotatable bonds is 4. The Kier molecular flexibility index (Phi) is 4.02. The van der Waals surface area contributed by atoms with Crippen LogP contribution in [0.2, 0.25) is 0 Å². The van der Waals surface area contributed by atoms with Crippen LogP contribution in [0.15, 0.2) is 12.4 Å². The van der Waals surface area contributed by atoms with Crippen LogP contribution in [0.1, 0.15) is 26.2 Å². The van der Waals surface area contributed by atoms with E-state index in [0.717, 1.165) is 13.1 Å². The Balaban J connectivity index is 1.82. The molecular formula is C12H22N4O. The van der Waals surface area contributed by atoms with Crippen LogP contribution in [-0.2, 0) is 6.54 Å². The van der Waals surface area contributed by atoms with Crippen molar-refractivity contribution >= 4 is 5.69 Å². The van der Waals surface area contributed by atoms with E-state index in [1.807, 2.05) is 0 Å². The van der Waals surface area contributed by atoms with Crippen LogP contribution in [0, 0.1) is 0 Å². The predicted octanol–water partition coefficient (Wildman–Crippen LogP) is 0.701. The average Bonchev–Trinajstić information content (AvgIpc) is 2.67. The van der Waals surface area contributed by atoms with E-state index < -0.39 is 0 Å². The zero-order chi connectivity index (χ0) is 12.3. The Morgan fingerprint density at radius 3 is 3.00 bits per heavy atom. The van der Waals surface area contributed by atoms with Gasteiger partial charge in [-0.3, -0.25) is 9.58 Å². The van der Waals surface area contributed by atoms with Crippen molar-refractivity contribution < 1.29 is 5.11 Å². The number of β-amino-alcohol motifs (C(OH)–C–C–N with tert-alkyl or cyclic N) is 1. The topological polar surface area (TPSA) is 67.3 Å². The minimum absolute atomic E-state index is 0.380. The Morgan fingerprint density at radius 2 is 2.35 bits per heavy atom. The zero-order valence-corrected chi connectivity index (χ0v) is 10.4. The number of aromatic nitrogens is 2. The third-order valence-corrected chi connectivity index (χ3v) is 3.44. The summed E-state index contributed by atoms with van der Waals surface area (Å²) in [4.78, 5) is 2.36. The summed E-state index contributed by atoms with van der Waals surface area (Å²) in [6.07, 6.45) is 6.77. The first-order valence-electron chi connectivity index (χ1n) is 6.35. The van der Waals surface area contributed by atoms with E-state index in [4.69, 9.17) is 5.73 Å². The van der Waals surface area contributed by atoms with Crippen LogP contribution >= 0.6 is 0 Å². The van der Waals surface area contributed by atoms with Gasteiger partial charge in [0.25, 0.3) is 0 Å². The molecule has 0 amide bonds. The lowest BCUT2D eigenvalue weighted by atomic mass is 10.0. The minimum atomic E-state index is -0.380. The fourth-order valence-corrected chi connectivity index (χ4v) is 2.45. The van der Waals surface area contributed by atoms with Gasteiger partial charge in [-0.05, 0) is 26.3 Å². The molecule has 5 heteroatoms. The summed E-state index contributed by atoms with van der Waals surface area (Å²) in [7, 11) is 0. The van der Waals surface area contributed by atoms with Crippen molar-refractivity contribution in [3.63, 3.8) is 0 Å². The minimum Gasteiger partial charge on any atom is -0.396 e. The van der Waals surface area contributed by atoms with E-state index in [1.54, 1.807) is 17.1 Å². The van der Waals surface area contributed by atoms with Crippen molar-refractivity contribution in [1.82, 2.24) is 14.7 Å². The molecule has 2 rings (SSSR count). The number of aliphatic hydroxyl groups excluding tert-OH is 1. The summed E-state index contributed by atoms with van der Waals surface area (Å²) >= 11 is 0. The lowest BCUT2D eigenvalue weighted by Gasteiger charge is -2.34. The quantitative estimate of drug-likeness (QED) is 0.810. The van der Waals surface area contributed by atoms with E-state index in [1.165, 1.54) is 19.3 Å². The molecular weight excluding hydrogens is 216 g/mol. The lowest BCUT2D eigenvalue weighted by Crippen LogP contribution is -2.43. The number of anilines is 1. The molecule has 17 heavy (non-hydrogen) atoms. The highest BCUT2D eigenvalue weighted by molar-refractivity contribution is 5.30. The van der Waals surface area contributed by atoms with E-state index in [-0.39, 0.29) is 6.10 Å². The average molecular weight is 238 g/mol. The van der Waals surface area contributed by atoms with Crippen LogP contribution in [-0.4, -0.2) is 45.0 Å². The molecule has 0 aliphatic carbocycles. The van der Waals surface area contributed by atoms with Gasteiger partial charge < -0.3 is 10.8 Å². The third-order valence-electron chi connectivity index (χ3n) is 3.44. The smallest absolute Gasteiger partial charge is 0.0862 e. The molecule has 3 N–H and O–H groups in total. The Morgan fingerprint density at radius 1 is 1.53 bits per heavy atom. The van der Waals surface area contributed by atoms with Crippen LogP contribution in [0.25, 0.3) is 0 Å². The maximum atomic E-state index is 10.0. The number of aliphatic hydroxyl groups is 1. The molecule has 0 saturated carbocycles. The summed E-state index contributed by atoms with van der Waals surface area (Å²) in [5.41, 5.74) is 6.23. The van der Waals surface area contributed by atoms with Crippen LogP contribution < -0.4 is 5.73 Å². The highest BCUT2D eigenvalue weighted by Gasteiger charge is 2.20. The molecule has 2 heterocycles.